The molecule has 3 rings (SSSR count). The number of aromatic nitrogens is 1. The van der Waals surface area contributed by atoms with Gasteiger partial charge in [-0.05, 0) is 18.2 Å². The standard InChI is InChI=1S/C17H11Cl2N3O4S/c1-26-15-13(5-3-10(14(15)19)17-20-6-7-27-17)21-16(23)11-8-9(22(24)25)2-4-12(11)18/h2-8H,1H3,(H,21,23). The van der Waals surface area contributed by atoms with Crippen molar-refractivity contribution in [2.24, 2.45) is 0 Å². The van der Waals surface area contributed by atoms with E-state index in [4.69, 9.17) is 27.9 Å². The molecule has 27 heavy (non-hydrogen) atoms. The normalized spacial score (nSPS) is 10.5. The van der Waals surface area contributed by atoms with Crippen LogP contribution in [0.15, 0.2) is 41.9 Å². The van der Waals surface area contributed by atoms with Crippen LogP contribution in [0.2, 0.25) is 10.0 Å². The summed E-state index contributed by atoms with van der Waals surface area (Å²) in [7, 11) is 1.42. The van der Waals surface area contributed by atoms with Crippen LogP contribution in [0.4, 0.5) is 11.4 Å². The summed E-state index contributed by atoms with van der Waals surface area (Å²) in [6, 6.07) is 6.94. The van der Waals surface area contributed by atoms with Gasteiger partial charge in [0.1, 0.15) is 5.01 Å². The highest BCUT2D eigenvalue weighted by Crippen LogP contribution is 2.41. The maximum Gasteiger partial charge on any atom is 0.270 e. The van der Waals surface area contributed by atoms with Crippen molar-refractivity contribution in [1.29, 1.82) is 0 Å². The van der Waals surface area contributed by atoms with Crippen LogP contribution < -0.4 is 10.1 Å². The number of nitro groups is 1. The number of thiazole rings is 1. The third kappa shape index (κ3) is 3.87. The number of anilines is 1. The van der Waals surface area contributed by atoms with Gasteiger partial charge in [0.2, 0.25) is 0 Å². The molecule has 1 N–H and O–H groups in total. The van der Waals surface area contributed by atoms with Crippen LogP contribution >= 0.6 is 34.5 Å². The van der Waals surface area contributed by atoms with Gasteiger partial charge in [0.15, 0.2) is 5.75 Å². The fraction of sp³-hybridized carbons (Fsp3) is 0.0588. The Bertz CT molecular complexity index is 1030. The smallest absolute Gasteiger partial charge is 0.270 e. The first-order valence-corrected chi connectivity index (χ1v) is 9.07. The first-order chi connectivity index (χ1) is 12.9. The van der Waals surface area contributed by atoms with E-state index in [0.717, 1.165) is 6.07 Å². The molecule has 1 amide bonds. The van der Waals surface area contributed by atoms with Crippen molar-refractivity contribution in [3.05, 3.63) is 67.6 Å². The molecule has 0 atom stereocenters. The van der Waals surface area contributed by atoms with Gasteiger partial charge >= 0.3 is 0 Å². The minimum atomic E-state index is -0.625. The van der Waals surface area contributed by atoms with Crippen LogP contribution in [0.3, 0.4) is 0 Å². The third-order valence-corrected chi connectivity index (χ3v) is 5.13. The zero-order valence-corrected chi connectivity index (χ0v) is 16.1. The van der Waals surface area contributed by atoms with Gasteiger partial charge in [-0.3, -0.25) is 14.9 Å². The Morgan fingerprint density at radius 3 is 2.70 bits per heavy atom. The van der Waals surface area contributed by atoms with E-state index < -0.39 is 10.8 Å². The summed E-state index contributed by atoms with van der Waals surface area (Å²) in [6.45, 7) is 0. The minimum absolute atomic E-state index is 0.0342. The SMILES string of the molecule is COc1c(NC(=O)c2cc([N+](=O)[O-])ccc2Cl)ccc(-c2nccs2)c1Cl. The van der Waals surface area contributed by atoms with Gasteiger partial charge in [-0.2, -0.15) is 0 Å². The molecule has 0 radical (unpaired) electrons. The van der Waals surface area contributed by atoms with E-state index in [9.17, 15) is 14.9 Å². The van der Waals surface area contributed by atoms with E-state index in [1.54, 1.807) is 18.3 Å². The second-order valence-corrected chi connectivity index (χ2v) is 6.90. The molecule has 138 valence electrons. The van der Waals surface area contributed by atoms with E-state index >= 15 is 0 Å². The molecule has 0 saturated heterocycles. The number of hydrogen-bond acceptors (Lipinski definition) is 6. The van der Waals surface area contributed by atoms with Crippen molar-refractivity contribution >= 4 is 51.8 Å². The van der Waals surface area contributed by atoms with Gasteiger partial charge in [-0.25, -0.2) is 4.98 Å². The molecular formula is C17H11Cl2N3O4S. The number of rotatable bonds is 5. The van der Waals surface area contributed by atoms with Gasteiger partial charge in [-0.15, -0.1) is 11.3 Å². The number of nitrogens with zero attached hydrogens (tertiary/aromatic N) is 2. The summed E-state index contributed by atoms with van der Waals surface area (Å²) in [5.41, 5.74) is 0.687. The molecule has 7 nitrogen and oxygen atoms in total. The second kappa shape index (κ2) is 7.91. The van der Waals surface area contributed by atoms with E-state index in [1.807, 2.05) is 5.38 Å². The van der Waals surface area contributed by atoms with Crippen molar-refractivity contribution in [3.8, 4) is 16.3 Å². The van der Waals surface area contributed by atoms with E-state index in [2.05, 4.69) is 10.3 Å². The predicted octanol–water partition coefficient (Wildman–Crippen LogP) is 5.29. The second-order valence-electron chi connectivity index (χ2n) is 5.22. The topological polar surface area (TPSA) is 94.4 Å². The summed E-state index contributed by atoms with van der Waals surface area (Å²) in [5.74, 6) is -0.376. The number of methoxy groups -OCH3 is 1. The summed E-state index contributed by atoms with van der Waals surface area (Å²) in [5, 5.41) is 16.5. The highest BCUT2D eigenvalue weighted by molar-refractivity contribution is 7.13. The Morgan fingerprint density at radius 2 is 2.07 bits per heavy atom. The summed E-state index contributed by atoms with van der Waals surface area (Å²) in [6.07, 6.45) is 1.66. The number of carbonyl (C=O) groups excluding carboxylic acids is 1. The zero-order chi connectivity index (χ0) is 19.6. The van der Waals surface area contributed by atoms with Crippen molar-refractivity contribution < 1.29 is 14.5 Å². The number of benzene rings is 2. The molecule has 0 aliphatic carbocycles. The number of halogens is 2. The molecule has 2 aromatic carbocycles. The van der Waals surface area contributed by atoms with Crippen LogP contribution in [0.5, 0.6) is 5.75 Å². The largest absolute Gasteiger partial charge is 0.493 e. The lowest BCUT2D eigenvalue weighted by atomic mass is 10.1. The van der Waals surface area contributed by atoms with Gasteiger partial charge in [0.25, 0.3) is 11.6 Å². The molecule has 0 fully saturated rings. The minimum Gasteiger partial charge on any atom is -0.493 e. The molecule has 0 aliphatic heterocycles. The maximum absolute atomic E-state index is 12.6. The van der Waals surface area contributed by atoms with Crippen LogP contribution in [0, 0.1) is 10.1 Å². The fourth-order valence-corrected chi connectivity index (χ4v) is 3.63. The highest BCUT2D eigenvalue weighted by atomic mass is 35.5. The number of nitro benzene ring substituents is 1. The predicted molar refractivity (Wildman–Crippen MR) is 105 cm³/mol. The molecule has 0 unspecified atom stereocenters. The number of ether oxygens (including phenoxy) is 1. The summed E-state index contributed by atoms with van der Waals surface area (Å²) < 4.78 is 5.33. The Labute approximate surface area is 167 Å². The van der Waals surface area contributed by atoms with E-state index in [-0.39, 0.29) is 27.0 Å². The van der Waals surface area contributed by atoms with Gasteiger partial charge < -0.3 is 10.1 Å². The molecule has 3 aromatic rings. The molecule has 0 spiro atoms. The number of carbonyl (C=O) groups is 1. The van der Waals surface area contributed by atoms with Crippen molar-refractivity contribution in [3.63, 3.8) is 0 Å². The molecule has 0 bridgehead atoms. The molecule has 1 aromatic heterocycles. The van der Waals surface area contributed by atoms with E-state index in [0.29, 0.717) is 16.3 Å². The van der Waals surface area contributed by atoms with Crippen molar-refractivity contribution in [1.82, 2.24) is 4.98 Å². The van der Waals surface area contributed by atoms with Crippen LogP contribution in [0.25, 0.3) is 10.6 Å². The third-order valence-electron chi connectivity index (χ3n) is 3.62. The highest BCUT2D eigenvalue weighted by Gasteiger charge is 2.20. The van der Waals surface area contributed by atoms with Crippen molar-refractivity contribution in [2.45, 2.75) is 0 Å². The monoisotopic (exact) mass is 423 g/mol. The zero-order valence-electron chi connectivity index (χ0n) is 13.7. The Balaban J connectivity index is 1.96. The average Bonchev–Trinajstić information content (AvgIpc) is 3.16. The molecular weight excluding hydrogens is 413 g/mol. The number of non-ortho nitro benzene ring substituents is 1. The van der Waals surface area contributed by atoms with Crippen LogP contribution in [-0.4, -0.2) is 22.9 Å². The van der Waals surface area contributed by atoms with Crippen molar-refractivity contribution in [2.75, 3.05) is 12.4 Å². The molecule has 0 saturated carbocycles. The molecule has 1 heterocycles. The lowest BCUT2D eigenvalue weighted by Crippen LogP contribution is -2.13. The number of nitrogens with one attached hydrogen (secondary N) is 1. The number of hydrogen-bond donors (Lipinski definition) is 1. The quantitative estimate of drug-likeness (QED) is 0.444. The molecule has 10 heteroatoms. The first-order valence-electron chi connectivity index (χ1n) is 7.44. The average molecular weight is 424 g/mol. The fourth-order valence-electron chi connectivity index (χ4n) is 2.37. The lowest BCUT2D eigenvalue weighted by molar-refractivity contribution is -0.384. The van der Waals surface area contributed by atoms with E-state index in [1.165, 1.54) is 30.6 Å². The summed E-state index contributed by atoms with van der Waals surface area (Å²) >= 11 is 13.8. The van der Waals surface area contributed by atoms with Crippen LogP contribution in [-0.2, 0) is 0 Å². The maximum atomic E-state index is 12.6. The molecule has 0 aliphatic rings. The Morgan fingerprint density at radius 1 is 1.30 bits per heavy atom. The Kier molecular flexibility index (Phi) is 5.59. The summed E-state index contributed by atoms with van der Waals surface area (Å²) in [4.78, 5) is 27.1. The van der Waals surface area contributed by atoms with Gasteiger partial charge in [0, 0.05) is 29.3 Å². The first kappa shape index (κ1) is 19.1. The van der Waals surface area contributed by atoms with Crippen LogP contribution in [0.1, 0.15) is 10.4 Å². The number of amides is 1. The Hall–Kier alpha value is -2.68. The van der Waals surface area contributed by atoms with Gasteiger partial charge in [-0.1, -0.05) is 23.2 Å². The lowest BCUT2D eigenvalue weighted by Gasteiger charge is -2.14. The van der Waals surface area contributed by atoms with Gasteiger partial charge in [0.05, 0.1) is 33.3 Å².